The first kappa shape index (κ1) is 20.9. The average Bonchev–Trinajstić information content (AvgIpc) is 3.28. The van der Waals surface area contributed by atoms with Gasteiger partial charge in [0.05, 0.1) is 18.1 Å². The monoisotopic (exact) mass is 444 g/mol. The Kier molecular flexibility index (Phi) is 6.73. The van der Waals surface area contributed by atoms with Crippen molar-refractivity contribution >= 4 is 32.3 Å². The van der Waals surface area contributed by atoms with Crippen LogP contribution in [0, 0.1) is 0 Å². The molecule has 30 heavy (non-hydrogen) atoms. The van der Waals surface area contributed by atoms with Crippen molar-refractivity contribution in [2.75, 3.05) is 30.8 Å². The van der Waals surface area contributed by atoms with Crippen LogP contribution in [-0.2, 0) is 21.2 Å². The highest BCUT2D eigenvalue weighted by atomic mass is 32.2. The molecule has 2 aromatic heterocycles. The Bertz CT molecular complexity index is 1040. The third-order valence-electron chi connectivity index (χ3n) is 4.90. The standard InChI is InChI=1S/C21H24N4O3S2/c26-30(27,15-5-8-17-6-2-1-3-7-17)25-12-13-28-19(16-25)18-9-4-10-20(23-18)24-21-22-11-14-29-21/h1-4,6-7,9-11,14,19H,5,8,12-13,15-16H2,(H,22,23,24). The number of aromatic nitrogens is 2. The van der Waals surface area contributed by atoms with Crippen molar-refractivity contribution in [3.63, 3.8) is 0 Å². The number of hydrogen-bond donors (Lipinski definition) is 1. The van der Waals surface area contributed by atoms with Crippen molar-refractivity contribution in [2.24, 2.45) is 0 Å². The molecule has 0 spiro atoms. The third-order valence-corrected chi connectivity index (χ3v) is 7.51. The van der Waals surface area contributed by atoms with Gasteiger partial charge in [-0.1, -0.05) is 36.4 Å². The second-order valence-electron chi connectivity index (χ2n) is 7.03. The highest BCUT2D eigenvalue weighted by Crippen LogP contribution is 2.25. The van der Waals surface area contributed by atoms with Crippen LogP contribution in [0.15, 0.2) is 60.1 Å². The van der Waals surface area contributed by atoms with Gasteiger partial charge < -0.3 is 10.1 Å². The lowest BCUT2D eigenvalue weighted by Crippen LogP contribution is -2.43. The van der Waals surface area contributed by atoms with E-state index in [9.17, 15) is 8.42 Å². The molecule has 0 radical (unpaired) electrons. The lowest BCUT2D eigenvalue weighted by atomic mass is 10.1. The van der Waals surface area contributed by atoms with E-state index < -0.39 is 10.0 Å². The molecule has 0 saturated carbocycles. The van der Waals surface area contributed by atoms with Gasteiger partial charge in [-0.2, -0.15) is 4.31 Å². The first-order valence-electron chi connectivity index (χ1n) is 9.87. The number of morpholine rings is 1. The van der Waals surface area contributed by atoms with Gasteiger partial charge in [0, 0.05) is 24.7 Å². The lowest BCUT2D eigenvalue weighted by molar-refractivity contribution is -0.00485. The van der Waals surface area contributed by atoms with Crippen LogP contribution >= 0.6 is 11.3 Å². The number of sulfonamides is 1. The van der Waals surface area contributed by atoms with E-state index in [4.69, 9.17) is 4.74 Å². The molecule has 1 unspecified atom stereocenters. The second-order valence-corrected chi connectivity index (χ2v) is 10.0. The minimum atomic E-state index is -3.34. The summed E-state index contributed by atoms with van der Waals surface area (Å²) in [7, 11) is -3.34. The minimum absolute atomic E-state index is 0.133. The van der Waals surface area contributed by atoms with E-state index in [0.29, 0.717) is 31.1 Å². The smallest absolute Gasteiger partial charge is 0.214 e. The van der Waals surface area contributed by atoms with E-state index in [0.717, 1.165) is 17.1 Å². The number of anilines is 2. The topological polar surface area (TPSA) is 84.4 Å². The summed E-state index contributed by atoms with van der Waals surface area (Å²) in [5.74, 6) is 0.794. The molecule has 7 nitrogen and oxygen atoms in total. The number of pyridine rings is 1. The van der Waals surface area contributed by atoms with Crippen LogP contribution < -0.4 is 5.32 Å². The predicted molar refractivity (Wildman–Crippen MR) is 118 cm³/mol. The number of nitrogens with one attached hydrogen (secondary N) is 1. The molecule has 1 aliphatic rings. The molecule has 1 fully saturated rings. The lowest BCUT2D eigenvalue weighted by Gasteiger charge is -2.32. The van der Waals surface area contributed by atoms with Gasteiger partial charge in [0.1, 0.15) is 11.9 Å². The summed E-state index contributed by atoms with van der Waals surface area (Å²) in [6, 6.07) is 15.6. The first-order valence-corrected chi connectivity index (χ1v) is 12.4. The maximum absolute atomic E-state index is 12.9. The van der Waals surface area contributed by atoms with E-state index in [-0.39, 0.29) is 18.4 Å². The maximum Gasteiger partial charge on any atom is 0.214 e. The number of rotatable bonds is 8. The average molecular weight is 445 g/mol. The van der Waals surface area contributed by atoms with Gasteiger partial charge in [-0.3, -0.25) is 0 Å². The molecule has 3 aromatic rings. The first-order chi connectivity index (χ1) is 14.6. The Morgan fingerprint density at radius 2 is 2.03 bits per heavy atom. The summed E-state index contributed by atoms with van der Waals surface area (Å²) in [6.07, 6.45) is 2.68. The van der Waals surface area contributed by atoms with Crippen LogP contribution in [0.5, 0.6) is 0 Å². The highest BCUT2D eigenvalue weighted by Gasteiger charge is 2.30. The molecule has 1 saturated heterocycles. The highest BCUT2D eigenvalue weighted by molar-refractivity contribution is 7.89. The number of aryl methyl sites for hydroxylation is 1. The van der Waals surface area contributed by atoms with Gasteiger partial charge in [-0.25, -0.2) is 18.4 Å². The Hall–Kier alpha value is -2.33. The van der Waals surface area contributed by atoms with Crippen molar-refractivity contribution in [3.8, 4) is 0 Å². The van der Waals surface area contributed by atoms with Crippen molar-refractivity contribution in [1.82, 2.24) is 14.3 Å². The van der Waals surface area contributed by atoms with Crippen LogP contribution in [0.2, 0.25) is 0 Å². The SMILES string of the molecule is O=S(=O)(CCCc1ccccc1)N1CCOC(c2cccc(Nc3nccs3)n2)C1. The van der Waals surface area contributed by atoms with Crippen LogP contribution in [-0.4, -0.2) is 48.1 Å². The number of nitrogens with zero attached hydrogens (tertiary/aromatic N) is 3. The molecule has 1 aliphatic heterocycles. The van der Waals surface area contributed by atoms with E-state index in [1.165, 1.54) is 15.6 Å². The molecule has 1 atom stereocenters. The summed E-state index contributed by atoms with van der Waals surface area (Å²) >= 11 is 1.49. The Morgan fingerprint density at radius 1 is 1.17 bits per heavy atom. The zero-order valence-electron chi connectivity index (χ0n) is 16.5. The third kappa shape index (κ3) is 5.42. The molecule has 3 heterocycles. The molecule has 0 amide bonds. The molecule has 0 bridgehead atoms. The molecular weight excluding hydrogens is 420 g/mol. The molecule has 0 aliphatic carbocycles. The van der Waals surface area contributed by atoms with Gasteiger partial charge in [-0.05, 0) is 30.5 Å². The van der Waals surface area contributed by atoms with E-state index in [1.54, 1.807) is 6.20 Å². The minimum Gasteiger partial charge on any atom is -0.369 e. The molecule has 1 N–H and O–H groups in total. The Labute approximate surface area is 180 Å². The molecule has 158 valence electrons. The Morgan fingerprint density at radius 3 is 2.83 bits per heavy atom. The summed E-state index contributed by atoms with van der Waals surface area (Å²) < 4.78 is 33.1. The van der Waals surface area contributed by atoms with Gasteiger partial charge in [-0.15, -0.1) is 11.3 Å². The van der Waals surface area contributed by atoms with E-state index in [2.05, 4.69) is 15.3 Å². The van der Waals surface area contributed by atoms with Crippen LogP contribution in [0.25, 0.3) is 0 Å². The van der Waals surface area contributed by atoms with Gasteiger partial charge in [0.25, 0.3) is 0 Å². The largest absolute Gasteiger partial charge is 0.369 e. The number of benzene rings is 1. The summed E-state index contributed by atoms with van der Waals surface area (Å²) in [5.41, 5.74) is 1.86. The van der Waals surface area contributed by atoms with Crippen molar-refractivity contribution < 1.29 is 13.2 Å². The fourth-order valence-electron chi connectivity index (χ4n) is 3.38. The van der Waals surface area contributed by atoms with Crippen LogP contribution in [0.1, 0.15) is 23.8 Å². The van der Waals surface area contributed by atoms with Gasteiger partial charge >= 0.3 is 0 Å². The summed E-state index contributed by atoms with van der Waals surface area (Å²) in [4.78, 5) is 8.80. The summed E-state index contributed by atoms with van der Waals surface area (Å²) in [6.45, 7) is 1.01. The normalized spacial score (nSPS) is 17.7. The molecule has 9 heteroatoms. The van der Waals surface area contributed by atoms with Crippen LogP contribution in [0.3, 0.4) is 0 Å². The van der Waals surface area contributed by atoms with Gasteiger partial charge in [0.15, 0.2) is 5.13 Å². The number of thiazole rings is 1. The molecule has 1 aromatic carbocycles. The Balaban J connectivity index is 1.37. The van der Waals surface area contributed by atoms with Crippen LogP contribution in [0.4, 0.5) is 10.9 Å². The van der Waals surface area contributed by atoms with Crippen molar-refractivity contribution in [1.29, 1.82) is 0 Å². The second kappa shape index (κ2) is 9.65. The quantitative estimate of drug-likeness (QED) is 0.571. The summed E-state index contributed by atoms with van der Waals surface area (Å²) in [5, 5.41) is 5.80. The molecular formula is C21H24N4O3S2. The van der Waals surface area contributed by atoms with Crippen molar-refractivity contribution in [2.45, 2.75) is 18.9 Å². The zero-order valence-corrected chi connectivity index (χ0v) is 18.1. The molecule has 4 rings (SSSR count). The number of hydrogen-bond acceptors (Lipinski definition) is 7. The fourth-order valence-corrected chi connectivity index (χ4v) is 5.40. The van der Waals surface area contributed by atoms with Gasteiger partial charge in [0.2, 0.25) is 10.0 Å². The van der Waals surface area contributed by atoms with E-state index >= 15 is 0 Å². The fraction of sp³-hybridized carbons (Fsp3) is 0.333. The number of ether oxygens (including phenoxy) is 1. The zero-order chi connectivity index (χ0) is 20.8. The predicted octanol–water partition coefficient (Wildman–Crippen LogP) is 3.62. The maximum atomic E-state index is 12.9. The van der Waals surface area contributed by atoms with Crippen molar-refractivity contribution in [3.05, 3.63) is 71.4 Å². The van der Waals surface area contributed by atoms with E-state index in [1.807, 2.05) is 53.9 Å².